The van der Waals surface area contributed by atoms with Crippen LogP contribution in [-0.2, 0) is 0 Å². The van der Waals surface area contributed by atoms with Gasteiger partial charge in [0.1, 0.15) is 18.2 Å². The highest BCUT2D eigenvalue weighted by molar-refractivity contribution is 7.98. The Kier molecular flexibility index (Phi) is 6.14. The molecule has 0 atom stereocenters. The van der Waals surface area contributed by atoms with Crippen molar-refractivity contribution in [2.24, 2.45) is 0 Å². The maximum absolute atomic E-state index is 5.86. The third-order valence-corrected chi connectivity index (χ3v) is 4.41. The number of nitrogens with zero attached hydrogens (tertiary/aromatic N) is 3. The number of piperazine rings is 1. The van der Waals surface area contributed by atoms with Gasteiger partial charge in [0.25, 0.3) is 0 Å². The second-order valence-corrected chi connectivity index (χ2v) is 6.07. The maximum Gasteiger partial charge on any atom is 0.237 e. The van der Waals surface area contributed by atoms with Crippen LogP contribution in [0.25, 0.3) is 0 Å². The lowest BCUT2D eigenvalue weighted by Crippen LogP contribution is -2.43. The predicted molar refractivity (Wildman–Crippen MR) is 96.3 cm³/mol. The first-order valence-electron chi connectivity index (χ1n) is 8.04. The summed E-state index contributed by atoms with van der Waals surface area (Å²) >= 11 is 1.57. The molecule has 1 fully saturated rings. The molecule has 7 heteroatoms. The van der Waals surface area contributed by atoms with Crippen molar-refractivity contribution < 1.29 is 9.47 Å². The summed E-state index contributed by atoms with van der Waals surface area (Å²) in [6, 6.07) is 7.80. The van der Waals surface area contributed by atoms with Crippen LogP contribution in [0.1, 0.15) is 0 Å². The lowest BCUT2D eigenvalue weighted by atomic mass is 10.3. The van der Waals surface area contributed by atoms with E-state index in [9.17, 15) is 0 Å². The Balaban J connectivity index is 1.55. The zero-order chi connectivity index (χ0) is 16.6. The van der Waals surface area contributed by atoms with Gasteiger partial charge in [-0.15, -0.1) is 11.8 Å². The molecule has 1 saturated heterocycles. The number of ether oxygens (including phenoxy) is 2. The van der Waals surface area contributed by atoms with E-state index in [1.165, 1.54) is 0 Å². The van der Waals surface area contributed by atoms with E-state index < -0.39 is 0 Å². The summed E-state index contributed by atoms with van der Waals surface area (Å²) in [6.45, 7) is 4.79. The summed E-state index contributed by atoms with van der Waals surface area (Å²) in [5.74, 6) is 1.45. The molecule has 6 nitrogen and oxygen atoms in total. The first kappa shape index (κ1) is 16.9. The highest BCUT2D eigenvalue weighted by Gasteiger charge is 2.15. The minimum absolute atomic E-state index is 0.443. The monoisotopic (exact) mass is 346 g/mol. The van der Waals surface area contributed by atoms with Crippen molar-refractivity contribution in [3.05, 3.63) is 36.7 Å². The molecule has 2 aromatic rings. The number of rotatable bonds is 7. The molecule has 1 aliphatic rings. The van der Waals surface area contributed by atoms with Gasteiger partial charge in [0, 0.05) is 38.6 Å². The predicted octanol–water partition coefficient (Wildman–Crippen LogP) is 2.07. The van der Waals surface area contributed by atoms with Gasteiger partial charge in [-0.25, -0.2) is 9.97 Å². The summed E-state index contributed by atoms with van der Waals surface area (Å²) in [5.41, 5.74) is 1.05. The highest BCUT2D eigenvalue weighted by atomic mass is 32.2. The van der Waals surface area contributed by atoms with Gasteiger partial charge >= 0.3 is 0 Å². The Bertz CT molecular complexity index is 650. The maximum atomic E-state index is 5.86. The molecule has 128 valence electrons. The molecule has 3 heterocycles. The van der Waals surface area contributed by atoms with E-state index in [1.807, 2.05) is 24.5 Å². The van der Waals surface area contributed by atoms with E-state index in [1.54, 1.807) is 24.2 Å². The number of pyridine rings is 2. The minimum atomic E-state index is 0.443. The minimum Gasteiger partial charge on any atom is -0.487 e. The van der Waals surface area contributed by atoms with Crippen LogP contribution in [0.3, 0.4) is 0 Å². The molecular weight excluding hydrogens is 324 g/mol. The summed E-state index contributed by atoms with van der Waals surface area (Å²) in [5, 5.41) is 4.24. The number of hydrogen-bond donors (Lipinski definition) is 1. The normalized spacial score (nSPS) is 14.5. The Morgan fingerprint density at radius 1 is 1.08 bits per heavy atom. The van der Waals surface area contributed by atoms with Gasteiger partial charge in [-0.05, 0) is 30.5 Å². The third-order valence-electron chi connectivity index (χ3n) is 3.72. The number of nitrogens with one attached hydrogen (secondary N) is 1. The number of thioether (sulfide) groups is 1. The Labute approximate surface area is 146 Å². The van der Waals surface area contributed by atoms with Crippen LogP contribution < -0.4 is 19.7 Å². The molecule has 0 amide bonds. The molecule has 2 aromatic heterocycles. The van der Waals surface area contributed by atoms with E-state index >= 15 is 0 Å². The van der Waals surface area contributed by atoms with Crippen molar-refractivity contribution >= 4 is 17.4 Å². The smallest absolute Gasteiger partial charge is 0.237 e. The second kappa shape index (κ2) is 8.75. The van der Waals surface area contributed by atoms with Crippen LogP contribution in [0.15, 0.2) is 41.7 Å². The van der Waals surface area contributed by atoms with Crippen molar-refractivity contribution in [3.63, 3.8) is 0 Å². The fourth-order valence-electron chi connectivity index (χ4n) is 2.57. The van der Waals surface area contributed by atoms with E-state index in [4.69, 9.17) is 9.47 Å². The molecular formula is C17H22N4O2S. The molecule has 0 saturated carbocycles. The van der Waals surface area contributed by atoms with Gasteiger partial charge in [0.2, 0.25) is 5.88 Å². The molecule has 0 radical (unpaired) electrons. The molecule has 1 N–H and O–H groups in total. The van der Waals surface area contributed by atoms with Crippen molar-refractivity contribution in [1.82, 2.24) is 15.3 Å². The summed E-state index contributed by atoms with van der Waals surface area (Å²) in [6.07, 6.45) is 5.51. The molecule has 0 spiro atoms. The largest absolute Gasteiger partial charge is 0.487 e. The number of hydrogen-bond acceptors (Lipinski definition) is 7. The van der Waals surface area contributed by atoms with Crippen molar-refractivity contribution in [2.45, 2.75) is 5.03 Å². The van der Waals surface area contributed by atoms with Crippen molar-refractivity contribution in [3.8, 4) is 11.6 Å². The molecule has 1 aliphatic heterocycles. The van der Waals surface area contributed by atoms with Gasteiger partial charge in [0.05, 0.1) is 5.69 Å². The Morgan fingerprint density at radius 2 is 1.83 bits per heavy atom. The SMILES string of the molecule is CSc1ncccc1OCCOc1ncccc1N1CCNCC1. The first-order chi connectivity index (χ1) is 11.9. The zero-order valence-electron chi connectivity index (χ0n) is 13.8. The lowest BCUT2D eigenvalue weighted by molar-refractivity contribution is 0.208. The number of anilines is 1. The van der Waals surface area contributed by atoms with Crippen molar-refractivity contribution in [2.75, 3.05) is 50.5 Å². The lowest BCUT2D eigenvalue weighted by Gasteiger charge is -2.30. The van der Waals surface area contributed by atoms with Gasteiger partial charge < -0.3 is 19.7 Å². The van der Waals surface area contributed by atoms with Crippen LogP contribution in [0.5, 0.6) is 11.6 Å². The molecule has 0 aromatic carbocycles. The molecule has 0 aliphatic carbocycles. The number of aromatic nitrogens is 2. The van der Waals surface area contributed by atoms with Gasteiger partial charge in [-0.1, -0.05) is 0 Å². The summed E-state index contributed by atoms with van der Waals surface area (Å²) < 4.78 is 11.6. The van der Waals surface area contributed by atoms with Crippen LogP contribution in [0, 0.1) is 0 Å². The molecule has 3 rings (SSSR count). The quantitative estimate of drug-likeness (QED) is 0.608. The third kappa shape index (κ3) is 4.30. The Morgan fingerprint density at radius 3 is 2.67 bits per heavy atom. The second-order valence-electron chi connectivity index (χ2n) is 5.27. The van der Waals surface area contributed by atoms with E-state index in [0.29, 0.717) is 19.1 Å². The van der Waals surface area contributed by atoms with E-state index in [0.717, 1.165) is 42.6 Å². The standard InChI is InChI=1S/C17H22N4O2S/c1-24-17-15(5-3-7-20-17)22-12-13-23-16-14(4-2-6-19-16)21-10-8-18-9-11-21/h2-7,18H,8-13H2,1H3. The van der Waals surface area contributed by atoms with Crippen LogP contribution in [-0.4, -0.2) is 55.6 Å². The Hall–Kier alpha value is -1.99. The fraction of sp³-hybridized carbons (Fsp3) is 0.412. The average molecular weight is 346 g/mol. The fourth-order valence-corrected chi connectivity index (χ4v) is 3.06. The molecule has 0 unspecified atom stereocenters. The van der Waals surface area contributed by atoms with Crippen LogP contribution >= 0.6 is 11.8 Å². The molecule has 24 heavy (non-hydrogen) atoms. The topological polar surface area (TPSA) is 59.5 Å². The summed E-state index contributed by atoms with van der Waals surface area (Å²) in [4.78, 5) is 11.0. The van der Waals surface area contributed by atoms with Crippen molar-refractivity contribution in [1.29, 1.82) is 0 Å². The summed E-state index contributed by atoms with van der Waals surface area (Å²) in [7, 11) is 0. The molecule has 0 bridgehead atoms. The van der Waals surface area contributed by atoms with Crippen LogP contribution in [0.4, 0.5) is 5.69 Å². The van der Waals surface area contributed by atoms with E-state index in [-0.39, 0.29) is 0 Å². The average Bonchev–Trinajstić information content (AvgIpc) is 2.66. The van der Waals surface area contributed by atoms with Gasteiger partial charge in [-0.3, -0.25) is 0 Å². The first-order valence-corrected chi connectivity index (χ1v) is 9.26. The van der Waals surface area contributed by atoms with Gasteiger partial charge in [-0.2, -0.15) is 0 Å². The van der Waals surface area contributed by atoms with E-state index in [2.05, 4.69) is 26.3 Å². The van der Waals surface area contributed by atoms with Gasteiger partial charge in [0.15, 0.2) is 5.75 Å². The van der Waals surface area contributed by atoms with Crippen LogP contribution in [0.2, 0.25) is 0 Å². The highest BCUT2D eigenvalue weighted by Crippen LogP contribution is 2.26. The zero-order valence-corrected chi connectivity index (χ0v) is 14.6.